The van der Waals surface area contributed by atoms with E-state index in [4.69, 9.17) is 5.11 Å². The van der Waals surface area contributed by atoms with Crippen LogP contribution in [0.25, 0.3) is 11.3 Å². The average molecular weight is 254 g/mol. The average Bonchev–Trinajstić information content (AvgIpc) is 2.38. The molecule has 0 saturated carbocycles. The Bertz CT molecular complexity index is 521. The van der Waals surface area contributed by atoms with Gasteiger partial charge in [0.25, 0.3) is 0 Å². The number of aliphatic hydroxyl groups is 1. The Morgan fingerprint density at radius 1 is 1.00 bits per heavy atom. The fraction of sp³-hybridized carbons (Fsp3) is 0.167. The van der Waals surface area contributed by atoms with Gasteiger partial charge in [0.15, 0.2) is 0 Å². The van der Waals surface area contributed by atoms with Crippen LogP contribution in [0.15, 0.2) is 36.7 Å². The first-order valence-corrected chi connectivity index (χ1v) is 5.10. The number of hydrogen-bond acceptors (Lipinski definition) is 3. The summed E-state index contributed by atoms with van der Waals surface area (Å²) in [6.45, 7) is -0.222. The first-order valence-electron chi connectivity index (χ1n) is 5.10. The van der Waals surface area contributed by atoms with E-state index >= 15 is 0 Å². The van der Waals surface area contributed by atoms with Crippen LogP contribution < -0.4 is 0 Å². The molecule has 0 radical (unpaired) electrons. The van der Waals surface area contributed by atoms with Crippen LogP contribution in [0.2, 0.25) is 0 Å². The van der Waals surface area contributed by atoms with Gasteiger partial charge in [0.05, 0.1) is 36.0 Å². The minimum absolute atomic E-state index is 0.222. The number of hydrogen-bond donors (Lipinski definition) is 1. The molecule has 0 saturated heterocycles. The predicted molar refractivity (Wildman–Crippen MR) is 58.4 cm³/mol. The van der Waals surface area contributed by atoms with Crippen molar-refractivity contribution in [3.8, 4) is 11.3 Å². The summed E-state index contributed by atoms with van der Waals surface area (Å²) in [6, 6.07) is 4.67. The van der Waals surface area contributed by atoms with Crippen LogP contribution in [-0.4, -0.2) is 15.1 Å². The fourth-order valence-corrected chi connectivity index (χ4v) is 1.42. The predicted octanol–water partition coefficient (Wildman–Crippen LogP) is 2.65. The summed E-state index contributed by atoms with van der Waals surface area (Å²) >= 11 is 0. The standard InChI is InChI=1S/C12H9F3N2O/c13-12(14,15)9-3-1-8(2-4-9)11-6-16-10(7-18)5-17-11/h1-6,18H,7H2. The molecule has 0 amide bonds. The topological polar surface area (TPSA) is 46.0 Å². The van der Waals surface area contributed by atoms with Crippen molar-refractivity contribution in [2.75, 3.05) is 0 Å². The molecule has 1 heterocycles. The quantitative estimate of drug-likeness (QED) is 0.896. The molecule has 0 spiro atoms. The lowest BCUT2D eigenvalue weighted by molar-refractivity contribution is -0.137. The molecule has 2 aromatic rings. The Kier molecular flexibility index (Phi) is 3.29. The van der Waals surface area contributed by atoms with Crippen molar-refractivity contribution in [2.24, 2.45) is 0 Å². The van der Waals surface area contributed by atoms with Crippen molar-refractivity contribution in [3.05, 3.63) is 47.9 Å². The van der Waals surface area contributed by atoms with E-state index in [1.54, 1.807) is 0 Å². The van der Waals surface area contributed by atoms with Crippen molar-refractivity contribution in [1.82, 2.24) is 9.97 Å². The van der Waals surface area contributed by atoms with Gasteiger partial charge >= 0.3 is 6.18 Å². The molecule has 0 aliphatic heterocycles. The van der Waals surface area contributed by atoms with E-state index < -0.39 is 11.7 Å². The Labute approximate surface area is 101 Å². The maximum atomic E-state index is 12.4. The van der Waals surface area contributed by atoms with Crippen molar-refractivity contribution in [2.45, 2.75) is 12.8 Å². The van der Waals surface area contributed by atoms with Gasteiger partial charge in [-0.1, -0.05) is 12.1 Å². The second kappa shape index (κ2) is 4.73. The molecule has 3 nitrogen and oxygen atoms in total. The normalized spacial score (nSPS) is 11.6. The number of rotatable bonds is 2. The lowest BCUT2D eigenvalue weighted by Crippen LogP contribution is -2.04. The molecule has 1 N–H and O–H groups in total. The molecule has 0 aliphatic carbocycles. The fourth-order valence-electron chi connectivity index (χ4n) is 1.42. The van der Waals surface area contributed by atoms with E-state index in [0.717, 1.165) is 12.1 Å². The van der Waals surface area contributed by atoms with Crippen LogP contribution in [0.1, 0.15) is 11.3 Å². The van der Waals surface area contributed by atoms with Crippen LogP contribution in [0.4, 0.5) is 13.2 Å². The van der Waals surface area contributed by atoms with Gasteiger partial charge in [-0.05, 0) is 12.1 Å². The number of nitrogens with zero attached hydrogens (tertiary/aromatic N) is 2. The third kappa shape index (κ3) is 2.65. The number of aromatic nitrogens is 2. The monoisotopic (exact) mass is 254 g/mol. The van der Waals surface area contributed by atoms with Crippen LogP contribution in [0, 0.1) is 0 Å². The highest BCUT2D eigenvalue weighted by molar-refractivity contribution is 5.58. The van der Waals surface area contributed by atoms with Crippen LogP contribution >= 0.6 is 0 Å². The summed E-state index contributed by atoms with van der Waals surface area (Å²) < 4.78 is 37.1. The summed E-state index contributed by atoms with van der Waals surface area (Å²) in [4.78, 5) is 7.92. The maximum Gasteiger partial charge on any atom is 0.416 e. The third-order valence-corrected chi connectivity index (χ3v) is 2.38. The lowest BCUT2D eigenvalue weighted by Gasteiger charge is -2.07. The second-order valence-electron chi connectivity index (χ2n) is 3.63. The van der Waals surface area contributed by atoms with Gasteiger partial charge in [0.2, 0.25) is 0 Å². The zero-order chi connectivity index (χ0) is 13.2. The Balaban J connectivity index is 2.28. The van der Waals surface area contributed by atoms with Crippen molar-refractivity contribution in [3.63, 3.8) is 0 Å². The summed E-state index contributed by atoms with van der Waals surface area (Å²) in [5, 5.41) is 8.80. The molecular weight excluding hydrogens is 245 g/mol. The zero-order valence-electron chi connectivity index (χ0n) is 9.15. The lowest BCUT2D eigenvalue weighted by atomic mass is 10.1. The SMILES string of the molecule is OCc1cnc(-c2ccc(C(F)(F)F)cc2)cn1. The van der Waals surface area contributed by atoms with Gasteiger partial charge in [-0.15, -0.1) is 0 Å². The molecule has 0 aliphatic rings. The summed E-state index contributed by atoms with van der Waals surface area (Å²) in [5.41, 5.74) is 0.706. The van der Waals surface area contributed by atoms with Gasteiger partial charge < -0.3 is 5.11 Å². The molecular formula is C12H9F3N2O. The highest BCUT2D eigenvalue weighted by Crippen LogP contribution is 2.30. The zero-order valence-corrected chi connectivity index (χ0v) is 9.15. The van der Waals surface area contributed by atoms with E-state index in [9.17, 15) is 13.2 Å². The van der Waals surface area contributed by atoms with Crippen molar-refractivity contribution >= 4 is 0 Å². The molecule has 6 heteroatoms. The third-order valence-electron chi connectivity index (χ3n) is 2.38. The highest BCUT2D eigenvalue weighted by atomic mass is 19.4. The van der Waals surface area contributed by atoms with E-state index in [-0.39, 0.29) is 6.61 Å². The van der Waals surface area contributed by atoms with E-state index in [2.05, 4.69) is 9.97 Å². The molecule has 94 valence electrons. The first-order chi connectivity index (χ1) is 8.50. The molecule has 1 aromatic heterocycles. The first kappa shape index (κ1) is 12.5. The second-order valence-corrected chi connectivity index (χ2v) is 3.63. The largest absolute Gasteiger partial charge is 0.416 e. The number of benzene rings is 1. The highest BCUT2D eigenvalue weighted by Gasteiger charge is 2.29. The molecule has 0 unspecified atom stereocenters. The Morgan fingerprint density at radius 2 is 1.67 bits per heavy atom. The van der Waals surface area contributed by atoms with Crippen LogP contribution in [-0.2, 0) is 12.8 Å². The summed E-state index contributed by atoms with van der Waals surface area (Å²) in [5.74, 6) is 0. The minimum atomic E-state index is -4.34. The van der Waals surface area contributed by atoms with Gasteiger partial charge in [-0.2, -0.15) is 13.2 Å². The molecule has 0 fully saturated rings. The molecule has 18 heavy (non-hydrogen) atoms. The van der Waals surface area contributed by atoms with Gasteiger partial charge in [0.1, 0.15) is 0 Å². The van der Waals surface area contributed by atoms with E-state index in [1.165, 1.54) is 24.5 Å². The Hall–Kier alpha value is -1.95. The minimum Gasteiger partial charge on any atom is -0.390 e. The van der Waals surface area contributed by atoms with Crippen LogP contribution in [0.5, 0.6) is 0 Å². The van der Waals surface area contributed by atoms with Crippen molar-refractivity contribution < 1.29 is 18.3 Å². The Morgan fingerprint density at radius 3 is 2.11 bits per heavy atom. The van der Waals surface area contributed by atoms with Crippen molar-refractivity contribution in [1.29, 1.82) is 0 Å². The van der Waals surface area contributed by atoms with Crippen LogP contribution in [0.3, 0.4) is 0 Å². The van der Waals surface area contributed by atoms with Gasteiger partial charge in [0, 0.05) is 5.56 Å². The van der Waals surface area contributed by atoms with Gasteiger partial charge in [-0.3, -0.25) is 9.97 Å². The maximum absolute atomic E-state index is 12.4. The summed E-state index contributed by atoms with van der Waals surface area (Å²) in [6.07, 6.45) is -1.55. The van der Waals surface area contributed by atoms with E-state index in [1.807, 2.05) is 0 Å². The number of aliphatic hydroxyl groups excluding tert-OH is 1. The number of alkyl halides is 3. The number of halogens is 3. The molecule has 2 rings (SSSR count). The summed E-state index contributed by atoms with van der Waals surface area (Å²) in [7, 11) is 0. The molecule has 0 atom stereocenters. The smallest absolute Gasteiger partial charge is 0.390 e. The molecule has 1 aromatic carbocycles. The van der Waals surface area contributed by atoms with E-state index in [0.29, 0.717) is 17.0 Å². The van der Waals surface area contributed by atoms with Gasteiger partial charge in [-0.25, -0.2) is 0 Å². The molecule has 0 bridgehead atoms.